The molecule has 5 nitrogen and oxygen atoms in total. The van der Waals surface area contributed by atoms with E-state index in [4.69, 9.17) is 4.84 Å². The summed E-state index contributed by atoms with van der Waals surface area (Å²) in [7, 11) is 0. The number of nitrogens with zero attached hydrogens (tertiary/aromatic N) is 2. The van der Waals surface area contributed by atoms with Gasteiger partial charge in [-0.2, -0.15) is 5.26 Å². The van der Waals surface area contributed by atoms with E-state index >= 15 is 0 Å². The van der Waals surface area contributed by atoms with E-state index in [0.717, 1.165) is 35.5 Å². The summed E-state index contributed by atoms with van der Waals surface area (Å²) < 4.78 is 2.19. The molecule has 1 aromatic carbocycles. The average molecular weight is 337 g/mol. The fourth-order valence-corrected chi connectivity index (χ4v) is 2.66. The second-order valence-corrected chi connectivity index (χ2v) is 5.85. The number of carbonyl (C=O) groups excluding carboxylic acids is 1. The molecule has 0 spiro atoms. The molecule has 0 aliphatic carbocycles. The first kappa shape index (κ1) is 18.5. The molecule has 1 N–H and O–H groups in total. The van der Waals surface area contributed by atoms with Crippen molar-refractivity contribution >= 4 is 12.0 Å². The summed E-state index contributed by atoms with van der Waals surface area (Å²) in [4.78, 5) is 17.4. The standard InChI is InChI=1S/C20H23N3O2/c1-4-10-23-15(2)11-18(16(23)3)12-19(13-21)20(24)22-25-14-17-8-6-5-7-9-17/h5-9,11-12H,4,10,14H2,1-3H3,(H,22,24)/b19-12-. The van der Waals surface area contributed by atoms with Gasteiger partial charge in [-0.05, 0) is 43.5 Å². The Kier molecular flexibility index (Phi) is 6.55. The van der Waals surface area contributed by atoms with Gasteiger partial charge in [0.25, 0.3) is 5.91 Å². The Morgan fingerprint density at radius 2 is 2.04 bits per heavy atom. The molecule has 0 aliphatic heterocycles. The zero-order valence-electron chi connectivity index (χ0n) is 14.9. The van der Waals surface area contributed by atoms with E-state index in [1.54, 1.807) is 6.08 Å². The number of aryl methyl sites for hydroxylation is 1. The van der Waals surface area contributed by atoms with Gasteiger partial charge in [-0.15, -0.1) is 0 Å². The van der Waals surface area contributed by atoms with Crippen LogP contribution in [0.5, 0.6) is 0 Å². The van der Waals surface area contributed by atoms with Gasteiger partial charge in [0.15, 0.2) is 0 Å². The summed E-state index contributed by atoms with van der Waals surface area (Å²) in [5, 5.41) is 9.30. The summed E-state index contributed by atoms with van der Waals surface area (Å²) in [6, 6.07) is 13.4. The Balaban J connectivity index is 2.05. The van der Waals surface area contributed by atoms with Gasteiger partial charge in [0.05, 0.1) is 6.61 Å². The molecular formula is C20H23N3O2. The highest BCUT2D eigenvalue weighted by Gasteiger charge is 2.12. The number of hydrogen-bond donors (Lipinski definition) is 1. The minimum absolute atomic E-state index is 0.0183. The Morgan fingerprint density at radius 1 is 1.32 bits per heavy atom. The Hall–Kier alpha value is -2.84. The van der Waals surface area contributed by atoms with Gasteiger partial charge >= 0.3 is 0 Å². The number of nitrogens with one attached hydrogen (secondary N) is 1. The van der Waals surface area contributed by atoms with Crippen LogP contribution >= 0.6 is 0 Å². The third-order valence-corrected chi connectivity index (χ3v) is 3.97. The van der Waals surface area contributed by atoms with Crippen molar-refractivity contribution in [3.63, 3.8) is 0 Å². The molecule has 0 fully saturated rings. The monoisotopic (exact) mass is 337 g/mol. The van der Waals surface area contributed by atoms with Crippen LogP contribution in [0, 0.1) is 25.2 Å². The van der Waals surface area contributed by atoms with Gasteiger partial charge < -0.3 is 4.57 Å². The predicted molar refractivity (Wildman–Crippen MR) is 97.2 cm³/mol. The van der Waals surface area contributed by atoms with Crippen LogP contribution in [-0.4, -0.2) is 10.5 Å². The van der Waals surface area contributed by atoms with E-state index in [0.29, 0.717) is 0 Å². The second-order valence-electron chi connectivity index (χ2n) is 5.85. The number of carbonyl (C=O) groups is 1. The lowest BCUT2D eigenvalue weighted by Gasteiger charge is -2.07. The second kappa shape index (κ2) is 8.86. The largest absolute Gasteiger partial charge is 0.349 e. The maximum Gasteiger partial charge on any atom is 0.285 e. The summed E-state index contributed by atoms with van der Waals surface area (Å²) in [6.07, 6.45) is 2.63. The quantitative estimate of drug-likeness (QED) is 0.476. The molecule has 0 saturated heterocycles. The van der Waals surface area contributed by atoms with Crippen molar-refractivity contribution in [2.75, 3.05) is 0 Å². The predicted octanol–water partition coefficient (Wildman–Crippen LogP) is 3.67. The van der Waals surface area contributed by atoms with Crippen molar-refractivity contribution in [1.82, 2.24) is 10.0 Å². The molecule has 0 radical (unpaired) electrons. The summed E-state index contributed by atoms with van der Waals surface area (Å²) in [5.41, 5.74) is 6.33. The molecule has 0 atom stereocenters. The molecular weight excluding hydrogens is 314 g/mol. The van der Waals surface area contributed by atoms with E-state index < -0.39 is 5.91 Å². The molecule has 1 heterocycles. The molecule has 2 rings (SSSR count). The van der Waals surface area contributed by atoms with Crippen molar-refractivity contribution in [3.8, 4) is 6.07 Å². The van der Waals surface area contributed by atoms with Crippen LogP contribution < -0.4 is 5.48 Å². The fourth-order valence-electron chi connectivity index (χ4n) is 2.66. The highest BCUT2D eigenvalue weighted by atomic mass is 16.6. The van der Waals surface area contributed by atoms with Gasteiger partial charge in [-0.1, -0.05) is 37.3 Å². The molecule has 2 aromatic rings. The molecule has 5 heteroatoms. The molecule has 0 aliphatic rings. The van der Waals surface area contributed by atoms with Crippen molar-refractivity contribution in [1.29, 1.82) is 5.26 Å². The summed E-state index contributed by atoms with van der Waals surface area (Å²) >= 11 is 0. The van der Waals surface area contributed by atoms with Crippen LogP contribution in [0.3, 0.4) is 0 Å². The van der Waals surface area contributed by atoms with Gasteiger partial charge in [-0.3, -0.25) is 9.63 Å². The molecule has 0 bridgehead atoms. The minimum atomic E-state index is -0.543. The van der Waals surface area contributed by atoms with E-state index in [1.807, 2.05) is 56.3 Å². The van der Waals surface area contributed by atoms with E-state index in [2.05, 4.69) is 17.0 Å². The van der Waals surface area contributed by atoms with Crippen LogP contribution in [-0.2, 0) is 22.8 Å². The maximum atomic E-state index is 12.2. The van der Waals surface area contributed by atoms with Gasteiger partial charge in [0.1, 0.15) is 11.6 Å². The van der Waals surface area contributed by atoms with E-state index in [-0.39, 0.29) is 12.2 Å². The lowest BCUT2D eigenvalue weighted by molar-refractivity contribution is -0.130. The molecule has 1 aromatic heterocycles. The maximum absolute atomic E-state index is 12.2. The summed E-state index contributed by atoms with van der Waals surface area (Å²) in [6.45, 7) is 7.30. The third-order valence-electron chi connectivity index (χ3n) is 3.97. The lowest BCUT2D eigenvalue weighted by Crippen LogP contribution is -2.24. The van der Waals surface area contributed by atoms with E-state index in [9.17, 15) is 10.1 Å². The Labute approximate surface area is 148 Å². The molecule has 0 saturated carbocycles. The third kappa shape index (κ3) is 4.82. The van der Waals surface area contributed by atoms with Gasteiger partial charge in [-0.25, -0.2) is 5.48 Å². The zero-order chi connectivity index (χ0) is 18.2. The normalized spacial score (nSPS) is 11.2. The molecule has 0 unspecified atom stereocenters. The zero-order valence-corrected chi connectivity index (χ0v) is 14.9. The highest BCUT2D eigenvalue weighted by molar-refractivity contribution is 6.01. The smallest absolute Gasteiger partial charge is 0.285 e. The number of hydroxylamine groups is 1. The van der Waals surface area contributed by atoms with Crippen LogP contribution in [0.2, 0.25) is 0 Å². The topological polar surface area (TPSA) is 67.0 Å². The average Bonchev–Trinajstić information content (AvgIpc) is 2.88. The Bertz CT molecular complexity index is 798. The highest BCUT2D eigenvalue weighted by Crippen LogP contribution is 2.18. The first-order chi connectivity index (χ1) is 12.1. The number of amides is 1. The van der Waals surface area contributed by atoms with Gasteiger partial charge in [0.2, 0.25) is 0 Å². The number of hydrogen-bond acceptors (Lipinski definition) is 3. The van der Waals surface area contributed by atoms with Crippen molar-refractivity contribution in [2.24, 2.45) is 0 Å². The van der Waals surface area contributed by atoms with Crippen molar-refractivity contribution < 1.29 is 9.63 Å². The first-order valence-corrected chi connectivity index (χ1v) is 8.31. The van der Waals surface area contributed by atoms with Crippen molar-refractivity contribution in [3.05, 3.63) is 64.5 Å². The van der Waals surface area contributed by atoms with Gasteiger partial charge in [0, 0.05) is 17.9 Å². The van der Waals surface area contributed by atoms with Crippen molar-refractivity contribution in [2.45, 2.75) is 40.3 Å². The number of aromatic nitrogens is 1. The molecule has 1 amide bonds. The molecule has 25 heavy (non-hydrogen) atoms. The first-order valence-electron chi connectivity index (χ1n) is 8.31. The number of benzene rings is 1. The fraction of sp³-hybridized carbons (Fsp3) is 0.300. The van der Waals surface area contributed by atoms with E-state index in [1.165, 1.54) is 0 Å². The van der Waals surface area contributed by atoms with Crippen LogP contribution in [0.4, 0.5) is 0 Å². The summed E-state index contributed by atoms with van der Waals surface area (Å²) in [5.74, 6) is -0.543. The lowest BCUT2D eigenvalue weighted by atomic mass is 10.1. The SMILES string of the molecule is CCCn1c(C)cc(/C=C(/C#N)C(=O)NOCc2ccccc2)c1C. The molecule has 130 valence electrons. The number of nitriles is 1. The number of rotatable bonds is 7. The van der Waals surface area contributed by atoms with Crippen LogP contribution in [0.25, 0.3) is 6.08 Å². The van der Waals surface area contributed by atoms with Crippen LogP contribution in [0.15, 0.2) is 42.0 Å². The Morgan fingerprint density at radius 3 is 2.68 bits per heavy atom. The van der Waals surface area contributed by atoms with Crippen LogP contribution in [0.1, 0.15) is 35.9 Å². The minimum Gasteiger partial charge on any atom is -0.349 e.